The highest BCUT2D eigenvalue weighted by atomic mass is 32.2. The molecule has 3 aromatic rings. The molecule has 1 aliphatic rings. The summed E-state index contributed by atoms with van der Waals surface area (Å²) in [6.45, 7) is 4.14. The normalized spacial score (nSPS) is 15.0. The van der Waals surface area contributed by atoms with Crippen molar-refractivity contribution in [1.29, 1.82) is 0 Å². The van der Waals surface area contributed by atoms with Crippen molar-refractivity contribution < 1.29 is 4.92 Å². The van der Waals surface area contributed by atoms with Crippen molar-refractivity contribution in [3.63, 3.8) is 0 Å². The molecular weight excluding hydrogens is 392 g/mol. The molecule has 0 radical (unpaired) electrons. The van der Waals surface area contributed by atoms with Gasteiger partial charge in [0.1, 0.15) is 5.82 Å². The van der Waals surface area contributed by atoms with E-state index in [4.69, 9.17) is 0 Å². The molecule has 0 aliphatic carbocycles. The monoisotopic (exact) mass is 414 g/mol. The fourth-order valence-corrected chi connectivity index (χ4v) is 3.87. The van der Waals surface area contributed by atoms with Gasteiger partial charge in [-0.25, -0.2) is 15.0 Å². The number of nitrogens with one attached hydrogen (secondary N) is 2. The van der Waals surface area contributed by atoms with E-state index in [0.29, 0.717) is 23.8 Å². The lowest BCUT2D eigenvalue weighted by Gasteiger charge is -2.33. The van der Waals surface area contributed by atoms with Gasteiger partial charge in [0.05, 0.1) is 10.4 Å². The summed E-state index contributed by atoms with van der Waals surface area (Å²) in [5.41, 5.74) is 1.56. The molecule has 0 bridgehead atoms. The number of pyridine rings is 2. The third-order valence-corrected chi connectivity index (χ3v) is 5.63. The Labute approximate surface area is 171 Å². The van der Waals surface area contributed by atoms with E-state index in [1.165, 1.54) is 17.8 Å². The number of aromatic nitrogens is 4. The summed E-state index contributed by atoms with van der Waals surface area (Å²) in [6.07, 6.45) is 1.71. The summed E-state index contributed by atoms with van der Waals surface area (Å²) in [6, 6.07) is 7.04. The molecule has 0 atom stereocenters. The van der Waals surface area contributed by atoms with E-state index in [1.807, 2.05) is 12.1 Å². The van der Waals surface area contributed by atoms with Crippen molar-refractivity contribution >= 4 is 40.2 Å². The van der Waals surface area contributed by atoms with E-state index in [2.05, 4.69) is 42.1 Å². The molecular formula is C18H22N8O2S. The number of rotatable bonds is 7. The molecule has 29 heavy (non-hydrogen) atoms. The Morgan fingerprint density at radius 1 is 1.24 bits per heavy atom. The molecule has 0 spiro atoms. The molecule has 0 amide bonds. The fraction of sp³-hybridized carbons (Fsp3) is 0.389. The molecule has 152 valence electrons. The lowest BCUT2D eigenvalue weighted by Crippen LogP contribution is -2.44. The summed E-state index contributed by atoms with van der Waals surface area (Å²) in [5.74, 6) is 1.75. The first-order chi connectivity index (χ1) is 14.1. The van der Waals surface area contributed by atoms with E-state index in [1.54, 1.807) is 12.3 Å². The zero-order valence-electron chi connectivity index (χ0n) is 16.0. The van der Waals surface area contributed by atoms with Gasteiger partial charge in [0.2, 0.25) is 5.82 Å². The fourth-order valence-electron chi connectivity index (χ4n) is 3.14. The Kier molecular flexibility index (Phi) is 5.76. The molecule has 2 N–H and O–H groups in total. The predicted molar refractivity (Wildman–Crippen MR) is 114 cm³/mol. The summed E-state index contributed by atoms with van der Waals surface area (Å²) in [7, 11) is 2.09. The largest absolute Gasteiger partial charge is 0.363 e. The quantitative estimate of drug-likeness (QED) is 0.260. The zero-order chi connectivity index (χ0) is 20.2. The first-order valence-electron chi connectivity index (χ1n) is 9.36. The van der Waals surface area contributed by atoms with Crippen LogP contribution >= 0.6 is 11.8 Å². The number of thioether (sulfide) groups is 1. The Morgan fingerprint density at radius 3 is 2.83 bits per heavy atom. The molecule has 1 saturated heterocycles. The van der Waals surface area contributed by atoms with E-state index in [9.17, 15) is 10.1 Å². The van der Waals surface area contributed by atoms with Crippen LogP contribution < -0.4 is 10.2 Å². The molecule has 3 aromatic heterocycles. The zero-order valence-corrected chi connectivity index (χ0v) is 16.9. The molecule has 10 nitrogen and oxygen atoms in total. The summed E-state index contributed by atoms with van der Waals surface area (Å²) < 4.78 is 0. The van der Waals surface area contributed by atoms with E-state index < -0.39 is 4.92 Å². The number of hydrogen-bond donors (Lipinski definition) is 2. The van der Waals surface area contributed by atoms with Crippen molar-refractivity contribution in [2.45, 2.75) is 5.16 Å². The van der Waals surface area contributed by atoms with Crippen LogP contribution in [0.25, 0.3) is 11.2 Å². The highest BCUT2D eigenvalue weighted by Gasteiger charge is 2.20. The number of fused-ring (bicyclic) bond motifs is 1. The summed E-state index contributed by atoms with van der Waals surface area (Å²) >= 11 is 1.53. The lowest BCUT2D eigenvalue weighted by atomic mass is 10.3. The average Bonchev–Trinajstić information content (AvgIpc) is 3.14. The van der Waals surface area contributed by atoms with Gasteiger partial charge in [-0.3, -0.25) is 10.1 Å². The minimum atomic E-state index is -0.402. The maximum absolute atomic E-state index is 11.4. The molecule has 0 unspecified atom stereocenters. The average molecular weight is 414 g/mol. The topological polar surface area (TPSA) is 116 Å². The highest BCUT2D eigenvalue weighted by molar-refractivity contribution is 7.99. The number of anilines is 2. The van der Waals surface area contributed by atoms with Gasteiger partial charge in [0.15, 0.2) is 10.8 Å². The Hall–Kier alpha value is -2.92. The van der Waals surface area contributed by atoms with Gasteiger partial charge in [-0.2, -0.15) is 0 Å². The number of likely N-dealkylation sites (N-methyl/N-ethyl adjacent to an activating group) is 1. The first-order valence-corrected chi connectivity index (χ1v) is 10.3. The second-order valence-corrected chi connectivity index (χ2v) is 7.86. The third-order valence-electron chi connectivity index (χ3n) is 4.75. The molecule has 4 rings (SSSR count). The number of hydrogen-bond acceptors (Lipinski definition) is 9. The number of imidazole rings is 1. The van der Waals surface area contributed by atoms with Crippen molar-refractivity contribution in [3.8, 4) is 0 Å². The van der Waals surface area contributed by atoms with E-state index >= 15 is 0 Å². The van der Waals surface area contributed by atoms with Gasteiger partial charge in [0.25, 0.3) is 0 Å². The third kappa shape index (κ3) is 4.57. The Bertz CT molecular complexity index is 969. The Morgan fingerprint density at radius 2 is 2.07 bits per heavy atom. The van der Waals surface area contributed by atoms with Gasteiger partial charge in [-0.05, 0) is 25.2 Å². The molecule has 0 aromatic carbocycles. The van der Waals surface area contributed by atoms with Crippen molar-refractivity contribution in [2.24, 2.45) is 0 Å². The van der Waals surface area contributed by atoms with E-state index in [0.717, 1.165) is 42.7 Å². The van der Waals surface area contributed by atoms with Gasteiger partial charge < -0.3 is 20.1 Å². The maximum Gasteiger partial charge on any atom is 0.311 e. The van der Waals surface area contributed by atoms with Crippen molar-refractivity contribution in [2.75, 3.05) is 55.7 Å². The summed E-state index contributed by atoms with van der Waals surface area (Å²) in [4.78, 5) is 31.8. The summed E-state index contributed by atoms with van der Waals surface area (Å²) in [5, 5.41) is 15.3. The van der Waals surface area contributed by atoms with Gasteiger partial charge in [-0.1, -0.05) is 11.8 Å². The smallest absolute Gasteiger partial charge is 0.311 e. The molecule has 11 heteroatoms. The number of aromatic amines is 1. The maximum atomic E-state index is 11.4. The molecule has 0 saturated carbocycles. The van der Waals surface area contributed by atoms with Gasteiger partial charge in [0, 0.05) is 50.7 Å². The SMILES string of the molecule is CN1CCN(c2ccc([N+](=O)[O-])c(NCCSc3nc4ncccc4[nH]3)n2)CC1. The number of H-pyrrole nitrogens is 1. The van der Waals surface area contributed by atoms with Crippen molar-refractivity contribution in [1.82, 2.24) is 24.8 Å². The number of nitro groups is 1. The van der Waals surface area contributed by atoms with Crippen LogP contribution in [-0.2, 0) is 0 Å². The lowest BCUT2D eigenvalue weighted by molar-refractivity contribution is -0.384. The minimum absolute atomic E-state index is 0.0131. The number of piperazine rings is 1. The number of nitrogens with zero attached hydrogens (tertiary/aromatic N) is 6. The van der Waals surface area contributed by atoms with Crippen LogP contribution in [0.4, 0.5) is 17.3 Å². The van der Waals surface area contributed by atoms with Crippen LogP contribution in [0.5, 0.6) is 0 Å². The second-order valence-electron chi connectivity index (χ2n) is 6.78. The highest BCUT2D eigenvalue weighted by Crippen LogP contribution is 2.26. The molecule has 4 heterocycles. The first kappa shape index (κ1) is 19.4. The second kappa shape index (κ2) is 8.62. The van der Waals surface area contributed by atoms with Crippen LogP contribution in [0, 0.1) is 10.1 Å². The minimum Gasteiger partial charge on any atom is -0.363 e. The van der Waals surface area contributed by atoms with Crippen LogP contribution in [0.2, 0.25) is 0 Å². The van der Waals surface area contributed by atoms with Crippen LogP contribution in [0.15, 0.2) is 35.6 Å². The van der Waals surface area contributed by atoms with Gasteiger partial charge in [-0.15, -0.1) is 0 Å². The van der Waals surface area contributed by atoms with Crippen molar-refractivity contribution in [3.05, 3.63) is 40.6 Å². The molecule has 1 aliphatic heterocycles. The van der Waals surface area contributed by atoms with Gasteiger partial charge >= 0.3 is 5.69 Å². The molecule has 1 fully saturated rings. The van der Waals surface area contributed by atoms with Crippen LogP contribution in [0.3, 0.4) is 0 Å². The Balaban J connectivity index is 1.39. The standard InChI is InChI=1S/C18H22N8O2S/c1-24-8-10-25(11-9-24)15-5-4-14(26(27)28)17(22-15)20-7-12-29-18-21-13-3-2-6-19-16(13)23-18/h2-6H,7-12H2,1H3,(H,20,22)(H,19,21,23). The van der Waals surface area contributed by atoms with Crippen LogP contribution in [0.1, 0.15) is 0 Å². The van der Waals surface area contributed by atoms with Crippen LogP contribution in [-0.4, -0.2) is 75.3 Å². The van der Waals surface area contributed by atoms with E-state index in [-0.39, 0.29) is 5.69 Å². The predicted octanol–water partition coefficient (Wildman–Crippen LogP) is 2.22.